The predicted molar refractivity (Wildman–Crippen MR) is 147 cm³/mol. The molecular weight excluding hydrogens is 531 g/mol. The minimum Gasteiger partial charge on any atom is -0.352 e. The lowest BCUT2D eigenvalue weighted by atomic mass is 10.1. The van der Waals surface area contributed by atoms with E-state index in [1.807, 2.05) is 51.1 Å². The van der Waals surface area contributed by atoms with Gasteiger partial charge in [-0.05, 0) is 56.4 Å². The smallest absolute Gasteiger partial charge is 0.352 e. The van der Waals surface area contributed by atoms with Crippen LogP contribution in [0.15, 0.2) is 54.6 Å². The van der Waals surface area contributed by atoms with Crippen LogP contribution in [0.3, 0.4) is 0 Å². The summed E-state index contributed by atoms with van der Waals surface area (Å²) in [4.78, 5) is 28.0. The number of carbonyl (C=O) groups is 2. The van der Waals surface area contributed by atoms with Crippen molar-refractivity contribution in [2.24, 2.45) is 0 Å². The first-order chi connectivity index (χ1) is 18.3. The molecule has 0 aliphatic heterocycles. The summed E-state index contributed by atoms with van der Waals surface area (Å²) in [5.74, 6) is -0.579. The van der Waals surface area contributed by atoms with Crippen molar-refractivity contribution in [1.29, 1.82) is 0 Å². The Kier molecular flexibility index (Phi) is 11.8. The van der Waals surface area contributed by atoms with E-state index in [9.17, 15) is 31.2 Å². The molecule has 0 spiro atoms. The van der Waals surface area contributed by atoms with Crippen molar-refractivity contribution in [2.45, 2.75) is 71.1 Å². The number of nitrogens with zero attached hydrogens (tertiary/aromatic N) is 2. The zero-order valence-corrected chi connectivity index (χ0v) is 23.7. The van der Waals surface area contributed by atoms with Gasteiger partial charge in [-0.3, -0.25) is 13.9 Å². The summed E-state index contributed by atoms with van der Waals surface area (Å²) < 4.78 is 65.3. The molecule has 0 saturated carbocycles. The maximum Gasteiger partial charge on any atom is 0.416 e. The minimum absolute atomic E-state index is 0.0617. The van der Waals surface area contributed by atoms with E-state index in [-0.39, 0.29) is 42.9 Å². The number of alkyl halides is 3. The Morgan fingerprint density at radius 1 is 0.974 bits per heavy atom. The van der Waals surface area contributed by atoms with Crippen molar-refractivity contribution in [3.05, 3.63) is 65.7 Å². The van der Waals surface area contributed by atoms with Crippen LogP contribution < -0.4 is 9.62 Å². The number of carbonyl (C=O) groups excluding carboxylic acids is 2. The Morgan fingerprint density at radius 2 is 1.64 bits per heavy atom. The van der Waals surface area contributed by atoms with Crippen molar-refractivity contribution in [3.63, 3.8) is 0 Å². The van der Waals surface area contributed by atoms with E-state index in [1.165, 1.54) is 11.0 Å². The highest BCUT2D eigenvalue weighted by atomic mass is 32.2. The van der Waals surface area contributed by atoms with Gasteiger partial charge in [0, 0.05) is 25.6 Å². The first kappa shape index (κ1) is 32.1. The zero-order valence-electron chi connectivity index (χ0n) is 22.9. The molecule has 0 radical (unpaired) electrons. The van der Waals surface area contributed by atoms with Crippen LogP contribution in [0.2, 0.25) is 0 Å². The highest BCUT2D eigenvalue weighted by Gasteiger charge is 2.32. The Morgan fingerprint density at radius 3 is 2.21 bits per heavy atom. The van der Waals surface area contributed by atoms with Gasteiger partial charge in [0.25, 0.3) is 0 Å². The molecule has 1 N–H and O–H groups in total. The number of amides is 2. The number of anilines is 1. The van der Waals surface area contributed by atoms with Crippen LogP contribution in [0.1, 0.15) is 57.6 Å². The number of halogens is 3. The van der Waals surface area contributed by atoms with Gasteiger partial charge in [-0.1, -0.05) is 50.2 Å². The van der Waals surface area contributed by atoms with Crippen LogP contribution in [0, 0.1) is 0 Å². The number of sulfonamides is 1. The summed E-state index contributed by atoms with van der Waals surface area (Å²) in [7, 11) is -3.92. The van der Waals surface area contributed by atoms with Gasteiger partial charge in [0.15, 0.2) is 0 Å². The Labute approximate surface area is 229 Å². The molecule has 39 heavy (non-hydrogen) atoms. The van der Waals surface area contributed by atoms with Gasteiger partial charge in [-0.2, -0.15) is 13.2 Å². The fourth-order valence-corrected chi connectivity index (χ4v) is 5.14. The standard InChI is InChI=1S/C28H38F3N3O4S/c1-5-21(3)32-27(36)25(6-2)33(19-17-22-12-8-7-9-13-22)26(35)16-11-18-34(39(4,37)38)24-15-10-14-23(20-24)28(29,30)31/h7-10,12-15,20-21,25H,5-6,11,16-19H2,1-4H3,(H,32,36). The number of hydrogen-bond donors (Lipinski definition) is 1. The second kappa shape index (κ2) is 14.3. The SMILES string of the molecule is CCC(C)NC(=O)C(CC)N(CCc1ccccc1)C(=O)CCCN(c1cccc(C(F)(F)F)c1)S(C)(=O)=O. The average Bonchev–Trinajstić information content (AvgIpc) is 2.88. The molecule has 2 aromatic rings. The first-order valence-corrected chi connectivity index (χ1v) is 14.9. The van der Waals surface area contributed by atoms with Gasteiger partial charge in [0.1, 0.15) is 6.04 Å². The van der Waals surface area contributed by atoms with E-state index in [2.05, 4.69) is 5.32 Å². The molecule has 0 aromatic heterocycles. The molecule has 216 valence electrons. The third-order valence-electron chi connectivity index (χ3n) is 6.48. The molecule has 0 aliphatic carbocycles. The molecule has 0 heterocycles. The maximum absolute atomic E-state index is 13.4. The van der Waals surface area contributed by atoms with E-state index < -0.39 is 27.8 Å². The molecule has 0 fully saturated rings. The molecule has 2 aromatic carbocycles. The van der Waals surface area contributed by atoms with Crippen LogP contribution >= 0.6 is 0 Å². The monoisotopic (exact) mass is 569 g/mol. The number of rotatable bonds is 14. The fraction of sp³-hybridized carbons (Fsp3) is 0.500. The third-order valence-corrected chi connectivity index (χ3v) is 7.68. The third kappa shape index (κ3) is 9.87. The van der Waals surface area contributed by atoms with Gasteiger partial charge in [0.2, 0.25) is 21.8 Å². The molecule has 0 bridgehead atoms. The molecule has 2 atom stereocenters. The van der Waals surface area contributed by atoms with Crippen LogP contribution in [-0.4, -0.2) is 56.6 Å². The van der Waals surface area contributed by atoms with E-state index in [4.69, 9.17) is 0 Å². The topological polar surface area (TPSA) is 86.8 Å². The highest BCUT2D eigenvalue weighted by Crippen LogP contribution is 2.32. The Balaban J connectivity index is 2.21. The van der Waals surface area contributed by atoms with Crippen LogP contribution in [0.5, 0.6) is 0 Å². The second-order valence-corrected chi connectivity index (χ2v) is 11.5. The normalized spacial score (nSPS) is 13.4. The largest absolute Gasteiger partial charge is 0.416 e. The van der Waals surface area contributed by atoms with Crippen molar-refractivity contribution in [2.75, 3.05) is 23.7 Å². The van der Waals surface area contributed by atoms with E-state index in [1.54, 1.807) is 0 Å². The molecular formula is C28H38F3N3O4S. The lowest BCUT2D eigenvalue weighted by Crippen LogP contribution is -2.51. The van der Waals surface area contributed by atoms with Gasteiger partial charge < -0.3 is 10.2 Å². The first-order valence-electron chi connectivity index (χ1n) is 13.1. The van der Waals surface area contributed by atoms with E-state index in [0.717, 1.165) is 40.7 Å². The van der Waals surface area contributed by atoms with Gasteiger partial charge in [-0.15, -0.1) is 0 Å². The Hall–Kier alpha value is -3.08. The van der Waals surface area contributed by atoms with Crippen molar-refractivity contribution < 1.29 is 31.2 Å². The molecule has 2 amide bonds. The summed E-state index contributed by atoms with van der Waals surface area (Å²) in [5.41, 5.74) is -0.0877. The number of nitrogens with one attached hydrogen (secondary N) is 1. The quantitative estimate of drug-likeness (QED) is 0.346. The summed E-state index contributed by atoms with van der Waals surface area (Å²) in [5, 5.41) is 2.93. The van der Waals surface area contributed by atoms with Crippen molar-refractivity contribution in [1.82, 2.24) is 10.2 Å². The molecule has 0 saturated heterocycles. The van der Waals surface area contributed by atoms with Crippen LogP contribution in [-0.2, 0) is 32.2 Å². The van der Waals surface area contributed by atoms with Gasteiger partial charge in [0.05, 0.1) is 17.5 Å². The zero-order chi connectivity index (χ0) is 29.2. The predicted octanol–water partition coefficient (Wildman–Crippen LogP) is 5.02. The summed E-state index contributed by atoms with van der Waals surface area (Å²) >= 11 is 0. The average molecular weight is 570 g/mol. The van der Waals surface area contributed by atoms with E-state index >= 15 is 0 Å². The molecule has 0 aliphatic rings. The second-order valence-electron chi connectivity index (χ2n) is 9.55. The van der Waals surface area contributed by atoms with E-state index in [0.29, 0.717) is 19.4 Å². The van der Waals surface area contributed by atoms with Gasteiger partial charge in [-0.25, -0.2) is 8.42 Å². The summed E-state index contributed by atoms with van der Waals surface area (Å²) in [6, 6.07) is 12.9. The lowest BCUT2D eigenvalue weighted by Gasteiger charge is -2.32. The maximum atomic E-state index is 13.4. The minimum atomic E-state index is -4.63. The lowest BCUT2D eigenvalue weighted by molar-refractivity contribution is -0.141. The molecule has 2 rings (SSSR count). The van der Waals surface area contributed by atoms with Crippen molar-refractivity contribution >= 4 is 27.5 Å². The van der Waals surface area contributed by atoms with Crippen LogP contribution in [0.4, 0.5) is 18.9 Å². The number of benzene rings is 2. The highest BCUT2D eigenvalue weighted by molar-refractivity contribution is 7.92. The molecule has 2 unspecified atom stereocenters. The van der Waals surface area contributed by atoms with Crippen LogP contribution in [0.25, 0.3) is 0 Å². The summed E-state index contributed by atoms with van der Waals surface area (Å²) in [6.07, 6.45) is -2.08. The van der Waals surface area contributed by atoms with Crippen molar-refractivity contribution in [3.8, 4) is 0 Å². The summed E-state index contributed by atoms with van der Waals surface area (Å²) in [6.45, 7) is 5.76. The Bertz CT molecular complexity index is 1190. The number of hydrogen-bond acceptors (Lipinski definition) is 4. The van der Waals surface area contributed by atoms with Gasteiger partial charge >= 0.3 is 6.18 Å². The molecule has 7 nitrogen and oxygen atoms in total. The fourth-order valence-electron chi connectivity index (χ4n) is 4.18. The molecule has 11 heteroatoms.